The van der Waals surface area contributed by atoms with E-state index in [0.717, 1.165) is 44.7 Å². The first-order chi connectivity index (χ1) is 12.8. The van der Waals surface area contributed by atoms with Crippen LogP contribution in [0.4, 0.5) is 0 Å². The van der Waals surface area contributed by atoms with Crippen molar-refractivity contribution in [1.29, 1.82) is 5.26 Å². The molecule has 0 aliphatic carbocycles. The fraction of sp³-hybridized carbons (Fsp3) is 0.182. The molecular weight excluding hydrogens is 356 g/mol. The van der Waals surface area contributed by atoms with E-state index in [-0.39, 0.29) is 0 Å². The van der Waals surface area contributed by atoms with Crippen molar-refractivity contribution in [2.75, 3.05) is 17.3 Å². The van der Waals surface area contributed by atoms with Crippen molar-refractivity contribution in [2.24, 2.45) is 0 Å². The van der Waals surface area contributed by atoms with Crippen LogP contribution in [0.5, 0.6) is 0 Å². The zero-order valence-electron chi connectivity index (χ0n) is 14.7. The molecule has 0 aliphatic rings. The SMILES string of the molecule is CCSCCSc1nc(-c2ccccc2)cc(-c2ccccc2)c1C#N. The lowest BCUT2D eigenvalue weighted by Gasteiger charge is -2.12. The van der Waals surface area contributed by atoms with Crippen molar-refractivity contribution in [1.82, 2.24) is 4.98 Å². The third-order valence-corrected chi connectivity index (χ3v) is 6.06. The summed E-state index contributed by atoms with van der Waals surface area (Å²) in [5.41, 5.74) is 4.65. The molecule has 0 saturated heterocycles. The maximum atomic E-state index is 9.82. The van der Waals surface area contributed by atoms with Gasteiger partial charge in [-0.2, -0.15) is 17.0 Å². The fourth-order valence-electron chi connectivity index (χ4n) is 2.68. The number of benzene rings is 2. The van der Waals surface area contributed by atoms with E-state index in [9.17, 15) is 5.26 Å². The van der Waals surface area contributed by atoms with E-state index in [2.05, 4.69) is 25.1 Å². The van der Waals surface area contributed by atoms with Crippen molar-refractivity contribution in [3.8, 4) is 28.5 Å². The minimum Gasteiger partial charge on any atom is -0.240 e. The van der Waals surface area contributed by atoms with Gasteiger partial charge in [0, 0.05) is 22.6 Å². The number of nitriles is 1. The van der Waals surface area contributed by atoms with Gasteiger partial charge in [-0.15, -0.1) is 11.8 Å². The topological polar surface area (TPSA) is 36.7 Å². The Bertz CT molecular complexity index is 887. The number of thioether (sulfide) groups is 2. The number of nitrogens with zero attached hydrogens (tertiary/aromatic N) is 2. The van der Waals surface area contributed by atoms with Crippen LogP contribution in [-0.4, -0.2) is 22.2 Å². The lowest BCUT2D eigenvalue weighted by molar-refractivity contribution is 1.12. The predicted octanol–water partition coefficient (Wildman–Crippen LogP) is 6.13. The van der Waals surface area contributed by atoms with Gasteiger partial charge < -0.3 is 0 Å². The van der Waals surface area contributed by atoms with E-state index in [0.29, 0.717) is 5.56 Å². The van der Waals surface area contributed by atoms with Crippen molar-refractivity contribution >= 4 is 23.5 Å². The third kappa shape index (κ3) is 4.49. The fourth-order valence-corrected chi connectivity index (χ4v) is 4.43. The van der Waals surface area contributed by atoms with Crippen LogP contribution in [-0.2, 0) is 0 Å². The molecule has 1 aromatic heterocycles. The molecule has 130 valence electrons. The van der Waals surface area contributed by atoms with Gasteiger partial charge >= 0.3 is 0 Å². The Kier molecular flexibility index (Phi) is 6.76. The molecule has 2 nitrogen and oxygen atoms in total. The van der Waals surface area contributed by atoms with E-state index in [1.807, 2.05) is 66.4 Å². The summed E-state index contributed by atoms with van der Waals surface area (Å²) < 4.78 is 0. The number of hydrogen-bond donors (Lipinski definition) is 0. The normalized spacial score (nSPS) is 10.5. The molecule has 4 heteroatoms. The minimum absolute atomic E-state index is 0.669. The summed E-state index contributed by atoms with van der Waals surface area (Å²) in [6.07, 6.45) is 0. The highest BCUT2D eigenvalue weighted by atomic mass is 32.2. The molecule has 0 bridgehead atoms. The zero-order valence-corrected chi connectivity index (χ0v) is 16.3. The Morgan fingerprint density at radius 3 is 2.19 bits per heavy atom. The highest BCUT2D eigenvalue weighted by Gasteiger charge is 2.15. The molecule has 0 saturated carbocycles. The molecule has 0 atom stereocenters. The molecular formula is C22H20N2S2. The van der Waals surface area contributed by atoms with Crippen LogP contribution in [0.25, 0.3) is 22.4 Å². The van der Waals surface area contributed by atoms with Gasteiger partial charge in [0.25, 0.3) is 0 Å². The van der Waals surface area contributed by atoms with Crippen molar-refractivity contribution < 1.29 is 0 Å². The molecule has 0 amide bonds. The molecule has 26 heavy (non-hydrogen) atoms. The average molecular weight is 377 g/mol. The summed E-state index contributed by atoms with van der Waals surface area (Å²) in [6.45, 7) is 2.16. The van der Waals surface area contributed by atoms with Gasteiger partial charge in [0.05, 0.1) is 11.3 Å². The zero-order chi connectivity index (χ0) is 18.2. The Morgan fingerprint density at radius 1 is 0.923 bits per heavy atom. The molecule has 1 heterocycles. The number of hydrogen-bond acceptors (Lipinski definition) is 4. The van der Waals surface area contributed by atoms with Crippen LogP contribution in [0.15, 0.2) is 71.8 Å². The first-order valence-electron chi connectivity index (χ1n) is 8.60. The van der Waals surface area contributed by atoms with Gasteiger partial charge in [0.15, 0.2) is 0 Å². The first-order valence-corrected chi connectivity index (χ1v) is 10.7. The number of rotatable bonds is 7. The van der Waals surface area contributed by atoms with Gasteiger partial charge in [-0.05, 0) is 17.4 Å². The van der Waals surface area contributed by atoms with Gasteiger partial charge in [0.2, 0.25) is 0 Å². The highest BCUT2D eigenvalue weighted by Crippen LogP contribution is 2.34. The second-order valence-electron chi connectivity index (χ2n) is 5.62. The second-order valence-corrected chi connectivity index (χ2v) is 8.10. The molecule has 0 unspecified atom stereocenters. The van der Waals surface area contributed by atoms with Gasteiger partial charge in [-0.25, -0.2) is 4.98 Å². The monoisotopic (exact) mass is 376 g/mol. The lowest BCUT2D eigenvalue weighted by Crippen LogP contribution is -1.97. The molecule has 3 aromatic rings. The minimum atomic E-state index is 0.669. The van der Waals surface area contributed by atoms with Gasteiger partial charge in [0.1, 0.15) is 11.1 Å². The standard InChI is InChI=1S/C22H20N2S2/c1-2-25-13-14-26-22-20(16-23)19(17-9-5-3-6-10-17)15-21(24-22)18-11-7-4-8-12-18/h3-12,15H,2,13-14H2,1H3. The number of aromatic nitrogens is 1. The summed E-state index contributed by atoms with van der Waals surface area (Å²) in [5, 5.41) is 10.6. The smallest absolute Gasteiger partial charge is 0.115 e. The van der Waals surface area contributed by atoms with E-state index >= 15 is 0 Å². The maximum absolute atomic E-state index is 9.82. The predicted molar refractivity (Wildman–Crippen MR) is 114 cm³/mol. The lowest BCUT2D eigenvalue weighted by atomic mass is 9.99. The summed E-state index contributed by atoms with van der Waals surface area (Å²) in [5.74, 6) is 3.12. The van der Waals surface area contributed by atoms with E-state index < -0.39 is 0 Å². The van der Waals surface area contributed by atoms with E-state index in [1.54, 1.807) is 11.8 Å². The second kappa shape index (κ2) is 9.47. The highest BCUT2D eigenvalue weighted by molar-refractivity contribution is 8.02. The molecule has 0 spiro atoms. The van der Waals surface area contributed by atoms with E-state index in [1.165, 1.54) is 0 Å². The van der Waals surface area contributed by atoms with Crippen LogP contribution in [0.1, 0.15) is 12.5 Å². The summed E-state index contributed by atoms with van der Waals surface area (Å²) in [6, 6.07) is 24.7. The molecule has 0 radical (unpaired) electrons. The largest absolute Gasteiger partial charge is 0.240 e. The van der Waals surface area contributed by atoms with E-state index in [4.69, 9.17) is 4.98 Å². The summed E-state index contributed by atoms with van der Waals surface area (Å²) in [7, 11) is 0. The Hall–Kier alpha value is -2.22. The van der Waals surface area contributed by atoms with Crippen LogP contribution in [0, 0.1) is 11.3 Å². The van der Waals surface area contributed by atoms with Crippen molar-refractivity contribution in [3.05, 3.63) is 72.3 Å². The van der Waals surface area contributed by atoms with Crippen molar-refractivity contribution in [3.63, 3.8) is 0 Å². The van der Waals surface area contributed by atoms with Crippen LogP contribution >= 0.6 is 23.5 Å². The summed E-state index contributed by atoms with van der Waals surface area (Å²) in [4.78, 5) is 4.83. The third-order valence-electron chi connectivity index (χ3n) is 3.92. The molecule has 0 aliphatic heterocycles. The molecule has 2 aromatic carbocycles. The van der Waals surface area contributed by atoms with Gasteiger partial charge in [-0.1, -0.05) is 67.6 Å². The van der Waals surface area contributed by atoms with Crippen LogP contribution in [0.3, 0.4) is 0 Å². The van der Waals surface area contributed by atoms with Crippen LogP contribution < -0.4 is 0 Å². The molecule has 3 rings (SSSR count). The first kappa shape index (κ1) is 18.6. The quantitative estimate of drug-likeness (QED) is 0.367. The average Bonchev–Trinajstić information content (AvgIpc) is 2.72. The summed E-state index contributed by atoms with van der Waals surface area (Å²) >= 11 is 3.59. The Balaban J connectivity index is 2.08. The van der Waals surface area contributed by atoms with Gasteiger partial charge in [-0.3, -0.25) is 0 Å². The van der Waals surface area contributed by atoms with Crippen LogP contribution in [0.2, 0.25) is 0 Å². The molecule has 0 N–H and O–H groups in total. The molecule has 0 fully saturated rings. The maximum Gasteiger partial charge on any atom is 0.115 e. The van der Waals surface area contributed by atoms with Crippen molar-refractivity contribution in [2.45, 2.75) is 11.9 Å². The Morgan fingerprint density at radius 2 is 1.58 bits per heavy atom. The number of pyridine rings is 1. The Labute approximate surface area is 163 Å².